The third kappa shape index (κ3) is 5.05. The molecule has 2 atom stereocenters. The fourth-order valence-corrected chi connectivity index (χ4v) is 3.31. The van der Waals surface area contributed by atoms with Gasteiger partial charge in [0.1, 0.15) is 11.5 Å². The van der Waals surface area contributed by atoms with Crippen LogP contribution in [0.4, 0.5) is 0 Å². The Labute approximate surface area is 138 Å². The SMILES string of the molecule is Cc1cc(C(O)C(C)NCCC(=O)C2CCCCC2)ccc1O. The van der Waals surface area contributed by atoms with E-state index in [0.717, 1.165) is 24.0 Å². The molecule has 0 spiro atoms. The zero-order valence-electron chi connectivity index (χ0n) is 14.2. The van der Waals surface area contributed by atoms with Crippen molar-refractivity contribution in [3.8, 4) is 5.75 Å². The first kappa shape index (κ1) is 18.0. The Kier molecular flexibility index (Phi) is 6.60. The fraction of sp³-hybridized carbons (Fsp3) is 0.632. The molecular formula is C19H29NO3. The van der Waals surface area contributed by atoms with Crippen LogP contribution in [0.25, 0.3) is 0 Å². The van der Waals surface area contributed by atoms with Crippen LogP contribution in [0.1, 0.15) is 62.7 Å². The third-order valence-electron chi connectivity index (χ3n) is 4.93. The Morgan fingerprint density at radius 2 is 2.00 bits per heavy atom. The maximum absolute atomic E-state index is 12.2. The van der Waals surface area contributed by atoms with Crippen LogP contribution in [0, 0.1) is 12.8 Å². The molecule has 1 aromatic carbocycles. The van der Waals surface area contributed by atoms with Crippen molar-refractivity contribution in [1.82, 2.24) is 5.32 Å². The highest BCUT2D eigenvalue weighted by molar-refractivity contribution is 5.81. The van der Waals surface area contributed by atoms with Crippen LogP contribution in [-0.2, 0) is 4.79 Å². The number of rotatable bonds is 7. The molecule has 0 aromatic heterocycles. The number of Topliss-reactive ketones (excluding diaryl/α,β-unsaturated/α-hetero) is 1. The minimum absolute atomic E-state index is 0.141. The summed E-state index contributed by atoms with van der Waals surface area (Å²) >= 11 is 0. The van der Waals surface area contributed by atoms with Crippen molar-refractivity contribution < 1.29 is 15.0 Å². The standard InChI is InChI=1S/C19H29NO3/c1-13-12-16(8-9-17(13)21)19(23)14(2)20-11-10-18(22)15-6-4-3-5-7-15/h8-9,12,14-15,19-21,23H,3-7,10-11H2,1-2H3. The normalized spacial score (nSPS) is 18.6. The molecule has 0 amide bonds. The molecule has 23 heavy (non-hydrogen) atoms. The van der Waals surface area contributed by atoms with Crippen LogP contribution in [0.3, 0.4) is 0 Å². The molecule has 0 saturated heterocycles. The Balaban J connectivity index is 1.78. The number of hydrogen-bond acceptors (Lipinski definition) is 4. The number of aliphatic hydroxyl groups excluding tert-OH is 1. The highest BCUT2D eigenvalue weighted by Gasteiger charge is 2.21. The lowest BCUT2D eigenvalue weighted by atomic mass is 9.85. The summed E-state index contributed by atoms with van der Waals surface area (Å²) in [7, 11) is 0. The van der Waals surface area contributed by atoms with Crippen molar-refractivity contribution >= 4 is 5.78 Å². The van der Waals surface area contributed by atoms with Crippen LogP contribution >= 0.6 is 0 Å². The van der Waals surface area contributed by atoms with E-state index in [1.165, 1.54) is 19.3 Å². The number of aryl methyl sites for hydroxylation is 1. The molecule has 1 aromatic rings. The van der Waals surface area contributed by atoms with Crippen LogP contribution in [0.5, 0.6) is 5.75 Å². The quantitative estimate of drug-likeness (QED) is 0.721. The number of aliphatic hydroxyl groups is 1. The Morgan fingerprint density at radius 3 is 2.65 bits per heavy atom. The van der Waals surface area contributed by atoms with Crippen molar-refractivity contribution in [1.29, 1.82) is 0 Å². The van der Waals surface area contributed by atoms with Gasteiger partial charge in [0.2, 0.25) is 0 Å². The van der Waals surface area contributed by atoms with Crippen molar-refractivity contribution in [2.75, 3.05) is 6.54 Å². The van der Waals surface area contributed by atoms with E-state index in [1.54, 1.807) is 18.2 Å². The minimum Gasteiger partial charge on any atom is -0.508 e. The van der Waals surface area contributed by atoms with E-state index in [2.05, 4.69) is 5.32 Å². The van der Waals surface area contributed by atoms with E-state index in [9.17, 15) is 15.0 Å². The highest BCUT2D eigenvalue weighted by atomic mass is 16.3. The van der Waals surface area contributed by atoms with Gasteiger partial charge in [0.05, 0.1) is 6.10 Å². The van der Waals surface area contributed by atoms with E-state index in [4.69, 9.17) is 0 Å². The number of hydrogen-bond donors (Lipinski definition) is 3. The summed E-state index contributed by atoms with van der Waals surface area (Å²) in [6, 6.07) is 5.00. The van der Waals surface area contributed by atoms with Gasteiger partial charge in [-0.2, -0.15) is 0 Å². The molecule has 1 saturated carbocycles. The van der Waals surface area contributed by atoms with E-state index in [1.807, 2.05) is 13.8 Å². The maximum atomic E-state index is 12.2. The topological polar surface area (TPSA) is 69.6 Å². The van der Waals surface area contributed by atoms with Crippen LogP contribution in [-0.4, -0.2) is 28.6 Å². The Morgan fingerprint density at radius 1 is 1.30 bits per heavy atom. The second-order valence-corrected chi connectivity index (χ2v) is 6.78. The fourth-order valence-electron chi connectivity index (χ4n) is 3.31. The number of phenols is 1. The largest absolute Gasteiger partial charge is 0.508 e. The Bertz CT molecular complexity index is 523. The molecular weight excluding hydrogens is 290 g/mol. The van der Waals surface area contributed by atoms with Gasteiger partial charge in [-0.1, -0.05) is 25.3 Å². The molecule has 0 radical (unpaired) electrons. The van der Waals surface area contributed by atoms with E-state index in [0.29, 0.717) is 18.7 Å². The van der Waals surface area contributed by atoms with Crippen molar-refractivity contribution in [2.45, 2.75) is 64.5 Å². The van der Waals surface area contributed by atoms with Crippen molar-refractivity contribution in [3.05, 3.63) is 29.3 Å². The number of carbonyl (C=O) groups is 1. The van der Waals surface area contributed by atoms with Crippen molar-refractivity contribution in [3.63, 3.8) is 0 Å². The predicted octanol–water partition coefficient (Wildman–Crippen LogP) is 3.25. The van der Waals surface area contributed by atoms with Gasteiger partial charge in [-0.25, -0.2) is 0 Å². The van der Waals surface area contributed by atoms with Gasteiger partial charge in [0.15, 0.2) is 0 Å². The first-order chi connectivity index (χ1) is 11.0. The highest BCUT2D eigenvalue weighted by Crippen LogP contribution is 2.25. The summed E-state index contributed by atoms with van der Waals surface area (Å²) in [5.74, 6) is 0.851. The predicted molar refractivity (Wildman–Crippen MR) is 91.5 cm³/mol. The van der Waals surface area contributed by atoms with Crippen LogP contribution in [0.2, 0.25) is 0 Å². The first-order valence-corrected chi connectivity index (χ1v) is 8.72. The summed E-state index contributed by atoms with van der Waals surface area (Å²) in [6.45, 7) is 4.33. The van der Waals surface area contributed by atoms with Gasteiger partial charge in [0, 0.05) is 24.9 Å². The molecule has 0 bridgehead atoms. The molecule has 0 heterocycles. The molecule has 128 valence electrons. The number of aromatic hydroxyl groups is 1. The molecule has 0 aliphatic heterocycles. The first-order valence-electron chi connectivity index (χ1n) is 8.72. The number of carbonyl (C=O) groups excluding carboxylic acids is 1. The number of phenolic OH excluding ortho intramolecular Hbond substituents is 1. The van der Waals surface area contributed by atoms with Crippen LogP contribution < -0.4 is 5.32 Å². The zero-order valence-corrected chi connectivity index (χ0v) is 14.2. The average molecular weight is 319 g/mol. The van der Waals surface area contributed by atoms with Gasteiger partial charge in [-0.3, -0.25) is 4.79 Å². The van der Waals surface area contributed by atoms with Gasteiger partial charge in [-0.15, -0.1) is 0 Å². The molecule has 1 fully saturated rings. The zero-order chi connectivity index (χ0) is 16.8. The second-order valence-electron chi connectivity index (χ2n) is 6.78. The summed E-state index contributed by atoms with van der Waals surface area (Å²) in [4.78, 5) is 12.2. The molecule has 1 aliphatic carbocycles. The monoisotopic (exact) mass is 319 g/mol. The molecule has 3 N–H and O–H groups in total. The maximum Gasteiger partial charge on any atom is 0.137 e. The smallest absolute Gasteiger partial charge is 0.137 e. The lowest BCUT2D eigenvalue weighted by molar-refractivity contribution is -0.123. The van der Waals surface area contributed by atoms with Gasteiger partial charge in [-0.05, 0) is 49.9 Å². The molecule has 2 unspecified atom stereocenters. The summed E-state index contributed by atoms with van der Waals surface area (Å²) in [5.41, 5.74) is 1.53. The lowest BCUT2D eigenvalue weighted by Gasteiger charge is -2.23. The number of nitrogens with one attached hydrogen (secondary N) is 1. The summed E-state index contributed by atoms with van der Waals surface area (Å²) in [6.07, 6.45) is 5.60. The van der Waals surface area contributed by atoms with Gasteiger partial charge in [0.25, 0.3) is 0 Å². The summed E-state index contributed by atoms with van der Waals surface area (Å²) in [5, 5.41) is 23.2. The summed E-state index contributed by atoms with van der Waals surface area (Å²) < 4.78 is 0. The lowest BCUT2D eigenvalue weighted by Crippen LogP contribution is -2.34. The average Bonchev–Trinajstić information content (AvgIpc) is 2.57. The second kappa shape index (κ2) is 8.46. The third-order valence-corrected chi connectivity index (χ3v) is 4.93. The number of ketones is 1. The molecule has 4 heteroatoms. The minimum atomic E-state index is -0.654. The molecule has 2 rings (SSSR count). The van der Waals surface area contributed by atoms with Crippen LogP contribution in [0.15, 0.2) is 18.2 Å². The van der Waals surface area contributed by atoms with E-state index >= 15 is 0 Å². The Hall–Kier alpha value is -1.39. The van der Waals surface area contributed by atoms with E-state index < -0.39 is 6.10 Å². The van der Waals surface area contributed by atoms with E-state index in [-0.39, 0.29) is 17.7 Å². The van der Waals surface area contributed by atoms with Gasteiger partial charge >= 0.3 is 0 Å². The molecule has 1 aliphatic rings. The molecule has 4 nitrogen and oxygen atoms in total. The van der Waals surface area contributed by atoms with Gasteiger partial charge < -0.3 is 15.5 Å². The number of benzene rings is 1. The van der Waals surface area contributed by atoms with Crippen molar-refractivity contribution in [2.24, 2.45) is 5.92 Å².